The first-order valence-electron chi connectivity index (χ1n) is 7.26. The van der Waals surface area contributed by atoms with Crippen LogP contribution in [0.15, 0.2) is 42.6 Å². The van der Waals surface area contributed by atoms with Crippen molar-refractivity contribution in [1.82, 2.24) is 4.98 Å². The Bertz CT molecular complexity index is 673. The van der Waals surface area contributed by atoms with Gasteiger partial charge in [0.05, 0.1) is 12.1 Å². The van der Waals surface area contributed by atoms with Gasteiger partial charge in [-0.2, -0.15) is 0 Å². The summed E-state index contributed by atoms with van der Waals surface area (Å²) in [6.07, 6.45) is 2.75. The molecule has 0 bridgehead atoms. The van der Waals surface area contributed by atoms with Gasteiger partial charge in [-0.05, 0) is 36.2 Å². The number of hydrogen-bond donors (Lipinski definition) is 0. The fraction of sp³-hybridized carbons (Fsp3) is 0.294. The average Bonchev–Trinajstić information content (AvgIpc) is 2.98. The summed E-state index contributed by atoms with van der Waals surface area (Å²) in [7, 11) is 0. The lowest BCUT2D eigenvalue weighted by atomic mass is 10.2. The molecular weight excluding hydrogens is 300 g/mol. The molecule has 2 aromatic rings. The average molecular weight is 317 g/mol. The highest BCUT2D eigenvalue weighted by Gasteiger charge is 2.26. The summed E-state index contributed by atoms with van der Waals surface area (Å²) >= 11 is 5.66. The van der Waals surface area contributed by atoms with Crippen LogP contribution in [-0.4, -0.2) is 29.4 Å². The summed E-state index contributed by atoms with van der Waals surface area (Å²) in [6, 6.07) is 11.3. The normalized spacial score (nSPS) is 17.5. The summed E-state index contributed by atoms with van der Waals surface area (Å²) in [5, 5.41) is -0.430. The van der Waals surface area contributed by atoms with Crippen molar-refractivity contribution in [3.05, 3.63) is 53.7 Å². The number of rotatable bonds is 4. The highest BCUT2D eigenvalue weighted by molar-refractivity contribution is 6.68. The third-order valence-corrected chi connectivity index (χ3v) is 3.98. The van der Waals surface area contributed by atoms with Crippen molar-refractivity contribution in [2.75, 3.05) is 18.0 Å². The minimum Gasteiger partial charge on any atom is -0.472 e. The summed E-state index contributed by atoms with van der Waals surface area (Å²) in [6.45, 7) is 3.54. The number of anilines is 1. The van der Waals surface area contributed by atoms with Gasteiger partial charge in [-0.25, -0.2) is 4.98 Å². The Balaban J connectivity index is 1.70. The number of aromatic nitrogens is 1. The van der Waals surface area contributed by atoms with E-state index in [4.69, 9.17) is 16.3 Å². The predicted octanol–water partition coefficient (Wildman–Crippen LogP) is 3.43. The Morgan fingerprint density at radius 1 is 1.32 bits per heavy atom. The van der Waals surface area contributed by atoms with Crippen molar-refractivity contribution in [3.8, 4) is 5.88 Å². The zero-order valence-electron chi connectivity index (χ0n) is 12.3. The van der Waals surface area contributed by atoms with Gasteiger partial charge in [0.15, 0.2) is 0 Å². The molecule has 22 heavy (non-hydrogen) atoms. The SMILES string of the molecule is Cc1ccc(O[C@H]2CCN(c3ccccc3C(=O)Cl)C2)nc1. The third kappa shape index (κ3) is 3.22. The maximum Gasteiger partial charge on any atom is 0.254 e. The monoisotopic (exact) mass is 316 g/mol. The van der Waals surface area contributed by atoms with Crippen LogP contribution in [-0.2, 0) is 0 Å². The van der Waals surface area contributed by atoms with Crippen LogP contribution in [0.2, 0.25) is 0 Å². The highest BCUT2D eigenvalue weighted by Crippen LogP contribution is 2.27. The molecule has 1 aromatic carbocycles. The molecule has 0 radical (unpaired) electrons. The van der Waals surface area contributed by atoms with E-state index < -0.39 is 5.24 Å². The van der Waals surface area contributed by atoms with Crippen molar-refractivity contribution < 1.29 is 9.53 Å². The molecule has 0 spiro atoms. The van der Waals surface area contributed by atoms with Gasteiger partial charge in [-0.15, -0.1) is 0 Å². The molecule has 1 aliphatic heterocycles. The molecule has 1 aliphatic rings. The molecule has 0 unspecified atom stereocenters. The third-order valence-electron chi connectivity index (χ3n) is 3.77. The van der Waals surface area contributed by atoms with Gasteiger partial charge < -0.3 is 9.64 Å². The van der Waals surface area contributed by atoms with Crippen LogP contribution in [0.3, 0.4) is 0 Å². The number of aryl methyl sites for hydroxylation is 1. The van der Waals surface area contributed by atoms with Crippen LogP contribution in [0.25, 0.3) is 0 Å². The Kier molecular flexibility index (Phi) is 4.29. The smallest absolute Gasteiger partial charge is 0.254 e. The molecular formula is C17H17ClN2O2. The van der Waals surface area contributed by atoms with E-state index in [9.17, 15) is 4.79 Å². The molecule has 5 heteroatoms. The molecule has 0 amide bonds. The minimum atomic E-state index is -0.430. The van der Waals surface area contributed by atoms with E-state index in [0.717, 1.165) is 30.8 Å². The van der Waals surface area contributed by atoms with Crippen molar-refractivity contribution in [3.63, 3.8) is 0 Å². The van der Waals surface area contributed by atoms with Gasteiger partial charge in [0, 0.05) is 30.9 Å². The Hall–Kier alpha value is -2.07. The predicted molar refractivity (Wildman–Crippen MR) is 86.8 cm³/mol. The molecule has 0 aliphatic carbocycles. The number of ether oxygens (including phenoxy) is 1. The molecule has 1 atom stereocenters. The number of halogens is 1. The van der Waals surface area contributed by atoms with Crippen molar-refractivity contribution in [1.29, 1.82) is 0 Å². The quantitative estimate of drug-likeness (QED) is 0.811. The van der Waals surface area contributed by atoms with E-state index in [-0.39, 0.29) is 6.10 Å². The lowest BCUT2D eigenvalue weighted by Crippen LogP contribution is -2.25. The molecule has 3 rings (SSSR count). The van der Waals surface area contributed by atoms with E-state index in [0.29, 0.717) is 11.4 Å². The van der Waals surface area contributed by atoms with E-state index in [1.165, 1.54) is 0 Å². The van der Waals surface area contributed by atoms with Gasteiger partial charge >= 0.3 is 0 Å². The second-order valence-corrected chi connectivity index (χ2v) is 5.78. The van der Waals surface area contributed by atoms with Crippen molar-refractivity contribution >= 4 is 22.5 Å². The Morgan fingerprint density at radius 3 is 2.86 bits per heavy atom. The second-order valence-electron chi connectivity index (χ2n) is 5.44. The molecule has 0 N–H and O–H groups in total. The minimum absolute atomic E-state index is 0.0636. The number of hydrogen-bond acceptors (Lipinski definition) is 4. The van der Waals surface area contributed by atoms with Crippen LogP contribution in [0.4, 0.5) is 5.69 Å². The summed E-state index contributed by atoms with van der Waals surface area (Å²) in [4.78, 5) is 17.9. The number of para-hydroxylation sites is 1. The van der Waals surface area contributed by atoms with E-state index in [2.05, 4.69) is 9.88 Å². The van der Waals surface area contributed by atoms with Crippen molar-refractivity contribution in [2.45, 2.75) is 19.4 Å². The zero-order valence-corrected chi connectivity index (χ0v) is 13.1. The first-order chi connectivity index (χ1) is 10.6. The van der Waals surface area contributed by atoms with Crippen LogP contribution < -0.4 is 9.64 Å². The Labute approximate surface area is 134 Å². The summed E-state index contributed by atoms with van der Waals surface area (Å²) in [5.41, 5.74) is 2.51. The first-order valence-corrected chi connectivity index (χ1v) is 7.64. The van der Waals surface area contributed by atoms with Crippen LogP contribution in [0.1, 0.15) is 22.3 Å². The van der Waals surface area contributed by atoms with Crippen LogP contribution in [0.5, 0.6) is 5.88 Å². The number of nitrogens with zero attached hydrogens (tertiary/aromatic N) is 2. The number of pyridine rings is 1. The lowest BCUT2D eigenvalue weighted by molar-refractivity contribution is 0.108. The maximum absolute atomic E-state index is 11.5. The fourth-order valence-corrected chi connectivity index (χ4v) is 2.81. The maximum atomic E-state index is 11.5. The van der Waals surface area contributed by atoms with E-state index >= 15 is 0 Å². The lowest BCUT2D eigenvalue weighted by Gasteiger charge is -2.20. The van der Waals surface area contributed by atoms with Gasteiger partial charge in [-0.3, -0.25) is 4.79 Å². The van der Waals surface area contributed by atoms with Gasteiger partial charge in [-0.1, -0.05) is 18.2 Å². The zero-order chi connectivity index (χ0) is 15.5. The standard InChI is InChI=1S/C17H17ClN2O2/c1-12-6-7-16(19-10-12)22-13-8-9-20(11-13)15-5-3-2-4-14(15)17(18)21/h2-7,10,13H,8-9,11H2,1H3/t13-/m0/s1. The van der Waals surface area contributed by atoms with Gasteiger partial charge in [0.1, 0.15) is 6.10 Å². The molecule has 1 aromatic heterocycles. The first kappa shape index (κ1) is 14.9. The second kappa shape index (κ2) is 6.36. The van der Waals surface area contributed by atoms with Crippen LogP contribution >= 0.6 is 11.6 Å². The molecule has 1 fully saturated rings. The van der Waals surface area contributed by atoms with E-state index in [1.54, 1.807) is 12.3 Å². The highest BCUT2D eigenvalue weighted by atomic mass is 35.5. The molecule has 4 nitrogen and oxygen atoms in total. The molecule has 1 saturated heterocycles. The largest absolute Gasteiger partial charge is 0.472 e. The van der Waals surface area contributed by atoms with Crippen molar-refractivity contribution in [2.24, 2.45) is 0 Å². The summed E-state index contributed by atoms with van der Waals surface area (Å²) in [5.74, 6) is 0.638. The summed E-state index contributed by atoms with van der Waals surface area (Å²) < 4.78 is 5.91. The van der Waals surface area contributed by atoms with Gasteiger partial charge in [0.25, 0.3) is 5.24 Å². The number of carbonyl (C=O) groups excluding carboxylic acids is 1. The van der Waals surface area contributed by atoms with E-state index in [1.807, 2.05) is 37.3 Å². The topological polar surface area (TPSA) is 42.4 Å². The van der Waals surface area contributed by atoms with Crippen LogP contribution in [0, 0.1) is 6.92 Å². The molecule has 0 saturated carbocycles. The molecule has 114 valence electrons. The number of benzene rings is 1. The fourth-order valence-electron chi connectivity index (χ4n) is 2.65. The Morgan fingerprint density at radius 2 is 2.14 bits per heavy atom. The number of carbonyl (C=O) groups is 1. The molecule has 2 heterocycles. The van der Waals surface area contributed by atoms with Gasteiger partial charge in [0.2, 0.25) is 5.88 Å².